The lowest BCUT2D eigenvalue weighted by atomic mass is 9.77. The Labute approximate surface area is 403 Å². The third kappa shape index (κ3) is 10.5. The van der Waals surface area contributed by atoms with Gasteiger partial charge in [0, 0.05) is 78.4 Å². The average molecular weight is 979 g/mol. The first-order valence-electron chi connectivity index (χ1n) is 21.9. The molecule has 0 bridgehead atoms. The number of hydrogen-bond donors (Lipinski definition) is 7. The van der Waals surface area contributed by atoms with Crippen molar-refractivity contribution < 1.29 is 61.9 Å². The van der Waals surface area contributed by atoms with Gasteiger partial charge in [-0.15, -0.1) is 0 Å². The lowest BCUT2D eigenvalue weighted by molar-refractivity contribution is -0.131. The number of nitrogens with zero attached hydrogens (tertiary/aromatic N) is 3. The van der Waals surface area contributed by atoms with Crippen LogP contribution in [-0.4, -0.2) is 119 Å². The molecule has 3 aliphatic rings. The third-order valence-corrected chi connectivity index (χ3v) is 11.8. The topological polar surface area (TPSA) is 263 Å². The van der Waals surface area contributed by atoms with Crippen molar-refractivity contribution in [2.24, 2.45) is 0 Å². The number of nitrogens with one attached hydrogen (secondary N) is 5. The Morgan fingerprint density at radius 2 is 1.51 bits per heavy atom. The number of carbonyl (C=O) groups is 5. The van der Waals surface area contributed by atoms with Gasteiger partial charge in [0.05, 0.1) is 67.9 Å². The molecule has 1 saturated heterocycles. The van der Waals surface area contributed by atoms with Crippen LogP contribution in [0.5, 0.6) is 23.0 Å². The lowest BCUT2D eigenvalue weighted by Gasteiger charge is -2.36. The molecule has 362 valence electrons. The fourth-order valence-electron chi connectivity index (χ4n) is 8.33. The van der Waals surface area contributed by atoms with Crippen molar-refractivity contribution in [1.29, 1.82) is 5.26 Å². The van der Waals surface area contributed by atoms with Gasteiger partial charge in [-0.2, -0.15) is 5.26 Å². The van der Waals surface area contributed by atoms with Gasteiger partial charge < -0.3 is 60.6 Å². The molecule has 19 nitrogen and oxygen atoms in total. The molecule has 0 aliphatic carbocycles. The number of esters is 1. The number of likely N-dealkylation sites (tertiary alicyclic amines) is 1. The van der Waals surface area contributed by atoms with Gasteiger partial charge in [-0.3, -0.25) is 24.2 Å². The zero-order valence-corrected chi connectivity index (χ0v) is 37.8. The number of amides is 4. The predicted molar refractivity (Wildman–Crippen MR) is 250 cm³/mol. The Bertz CT molecular complexity index is 2900. The summed E-state index contributed by atoms with van der Waals surface area (Å²) >= 11 is 5.45. The van der Waals surface area contributed by atoms with Gasteiger partial charge >= 0.3 is 5.97 Å². The maximum atomic E-state index is 13.8. The van der Waals surface area contributed by atoms with E-state index in [9.17, 15) is 48.2 Å². The van der Waals surface area contributed by atoms with E-state index in [1.165, 1.54) is 36.5 Å². The van der Waals surface area contributed by atoms with Gasteiger partial charge in [-0.25, -0.2) is 13.6 Å². The number of anilines is 2. The monoisotopic (exact) mass is 978 g/mol. The Balaban J connectivity index is 0.703. The maximum Gasteiger partial charge on any atom is 0.340 e. The molecule has 1 aromatic heterocycles. The number of pyridine rings is 1. The standard InChI is InChI=1S/C48H44F2N8O11S/c49-47(50)23-28(24-51)58(26-47)42(63)25-55-44(64)32-12-13-53-43-31(32)2-1-3-37(43)57-41(62)11-10-40(61)52-14-16-66-18-19-67-17-15-54-46(70)56-27-4-7-34-33(20-27)45(65)69-48(34)35-8-5-29(59)21-38(35)68-39-22-30(60)6-9-36(39)48/h1-9,12-13,20-22,28,59-60H,10-11,14-19,23,25-26H2,(H,52,61)(H,55,64)(H,57,62)(H2,54,56,70)/t28-/m0/s1. The number of carbonyl (C=O) groups excluding carboxylic acids is 5. The molecule has 4 aromatic carbocycles. The van der Waals surface area contributed by atoms with Crippen molar-refractivity contribution in [3.05, 3.63) is 113 Å². The molecule has 3 aliphatic heterocycles. The van der Waals surface area contributed by atoms with Crippen LogP contribution in [0.1, 0.15) is 56.7 Å². The minimum absolute atomic E-state index is 0.0427. The van der Waals surface area contributed by atoms with Crippen molar-refractivity contribution in [1.82, 2.24) is 25.8 Å². The van der Waals surface area contributed by atoms with Gasteiger partial charge in [0.15, 0.2) is 10.7 Å². The number of rotatable bonds is 17. The first-order valence-corrected chi connectivity index (χ1v) is 22.3. The number of phenols is 2. The van der Waals surface area contributed by atoms with Crippen LogP contribution in [-0.2, 0) is 34.2 Å². The number of alkyl halides is 2. The molecule has 70 heavy (non-hydrogen) atoms. The smallest absolute Gasteiger partial charge is 0.340 e. The molecule has 0 radical (unpaired) electrons. The fourth-order valence-corrected chi connectivity index (χ4v) is 8.55. The highest BCUT2D eigenvalue weighted by molar-refractivity contribution is 7.80. The van der Waals surface area contributed by atoms with E-state index in [1.54, 1.807) is 54.6 Å². The van der Waals surface area contributed by atoms with E-state index < -0.39 is 60.8 Å². The van der Waals surface area contributed by atoms with E-state index in [1.807, 2.05) is 0 Å². The number of benzene rings is 4. The predicted octanol–water partition coefficient (Wildman–Crippen LogP) is 4.56. The minimum Gasteiger partial charge on any atom is -0.508 e. The van der Waals surface area contributed by atoms with Crippen LogP contribution in [0.25, 0.3) is 10.9 Å². The van der Waals surface area contributed by atoms with Gasteiger partial charge in [-0.05, 0) is 60.7 Å². The summed E-state index contributed by atoms with van der Waals surface area (Å²) in [6, 6.07) is 20.7. The zero-order chi connectivity index (χ0) is 49.6. The van der Waals surface area contributed by atoms with Crippen LogP contribution in [0.3, 0.4) is 0 Å². The number of aromatic nitrogens is 1. The number of phenolic OH excluding ortho intramolecular Hbond substituents is 2. The van der Waals surface area contributed by atoms with Crippen LogP contribution >= 0.6 is 12.2 Å². The first kappa shape index (κ1) is 48.5. The number of hydrogen-bond acceptors (Lipinski definition) is 14. The van der Waals surface area contributed by atoms with Crippen molar-refractivity contribution in [2.75, 3.05) is 63.2 Å². The number of thiocarbonyl (C=S) groups is 1. The number of nitriles is 1. The average Bonchev–Trinajstić information content (AvgIpc) is 3.81. The summed E-state index contributed by atoms with van der Waals surface area (Å²) in [5, 5.41) is 44.0. The normalized spacial score (nSPS) is 15.6. The van der Waals surface area contributed by atoms with E-state index in [4.69, 9.17) is 31.2 Å². The van der Waals surface area contributed by atoms with E-state index in [0.29, 0.717) is 46.5 Å². The Kier molecular flexibility index (Phi) is 14.3. The second-order valence-corrected chi connectivity index (χ2v) is 16.7. The van der Waals surface area contributed by atoms with Crippen LogP contribution in [0.2, 0.25) is 0 Å². The Hall–Kier alpha value is -8.00. The first-order chi connectivity index (χ1) is 33.6. The molecule has 1 spiro atoms. The molecular formula is C48H44F2N8O11S. The highest BCUT2D eigenvalue weighted by atomic mass is 32.1. The Morgan fingerprint density at radius 3 is 2.21 bits per heavy atom. The molecule has 0 unspecified atom stereocenters. The summed E-state index contributed by atoms with van der Waals surface area (Å²) in [7, 11) is 0. The summed E-state index contributed by atoms with van der Waals surface area (Å²) < 4.78 is 50.8. The number of para-hydroxylation sites is 1. The van der Waals surface area contributed by atoms with Crippen LogP contribution in [0.4, 0.5) is 20.2 Å². The van der Waals surface area contributed by atoms with E-state index in [-0.39, 0.29) is 90.0 Å². The number of fused-ring (bicyclic) bond motifs is 7. The van der Waals surface area contributed by atoms with E-state index in [0.717, 1.165) is 4.90 Å². The van der Waals surface area contributed by atoms with Gasteiger partial charge in [0.1, 0.15) is 29.0 Å². The highest BCUT2D eigenvalue weighted by Crippen LogP contribution is 2.57. The van der Waals surface area contributed by atoms with Crippen molar-refractivity contribution in [3.63, 3.8) is 0 Å². The molecule has 7 N–H and O–H groups in total. The molecule has 0 saturated carbocycles. The maximum absolute atomic E-state index is 13.8. The van der Waals surface area contributed by atoms with Crippen LogP contribution < -0.4 is 31.3 Å². The molecule has 22 heteroatoms. The quantitative estimate of drug-likeness (QED) is 0.0383. The summed E-state index contributed by atoms with van der Waals surface area (Å²) in [6.07, 6.45) is 0.287. The number of aromatic hydroxyl groups is 2. The molecule has 1 fully saturated rings. The second kappa shape index (κ2) is 20.7. The zero-order valence-electron chi connectivity index (χ0n) is 37.0. The summed E-state index contributed by atoms with van der Waals surface area (Å²) in [4.78, 5) is 69.3. The van der Waals surface area contributed by atoms with E-state index in [2.05, 4.69) is 31.6 Å². The Morgan fingerprint density at radius 1 is 0.843 bits per heavy atom. The van der Waals surface area contributed by atoms with Gasteiger partial charge in [0.2, 0.25) is 17.7 Å². The molecule has 1 atom stereocenters. The molecule has 8 rings (SSSR count). The molecular weight excluding hydrogens is 935 g/mol. The second-order valence-electron chi connectivity index (χ2n) is 16.3. The summed E-state index contributed by atoms with van der Waals surface area (Å²) in [6.45, 7) is 0.0437. The molecule has 5 aromatic rings. The number of ether oxygens (including phenoxy) is 4. The largest absolute Gasteiger partial charge is 0.508 e. The molecule has 4 amide bonds. The number of halogens is 2. The molecule has 4 heterocycles. The van der Waals surface area contributed by atoms with Crippen LogP contribution in [0.15, 0.2) is 85.1 Å². The van der Waals surface area contributed by atoms with Gasteiger partial charge in [-0.1, -0.05) is 18.2 Å². The third-order valence-electron chi connectivity index (χ3n) is 11.5. The highest BCUT2D eigenvalue weighted by Gasteiger charge is 2.54. The minimum atomic E-state index is -3.19. The van der Waals surface area contributed by atoms with Crippen molar-refractivity contribution >= 4 is 69.2 Å². The van der Waals surface area contributed by atoms with E-state index >= 15 is 0 Å². The lowest BCUT2D eigenvalue weighted by Crippen LogP contribution is -2.43. The fraction of sp³-hybridized carbons (Fsp3) is 0.292. The van der Waals surface area contributed by atoms with Crippen molar-refractivity contribution in [3.8, 4) is 29.1 Å². The van der Waals surface area contributed by atoms with Gasteiger partial charge in [0.25, 0.3) is 11.8 Å². The van der Waals surface area contributed by atoms with Crippen molar-refractivity contribution in [2.45, 2.75) is 36.8 Å². The summed E-state index contributed by atoms with van der Waals surface area (Å²) in [5.74, 6) is -5.68. The van der Waals surface area contributed by atoms with Crippen LogP contribution in [0, 0.1) is 11.3 Å². The SMILES string of the molecule is N#C[C@@H]1CC(F)(F)CN1C(=O)CNC(=O)c1ccnc2c(NC(=O)CCC(=O)NCCOCCOCCNC(=S)Nc3ccc4c(c3)C(=O)OC43c4ccc(O)cc4Oc4cc(O)ccc43)cccc12. The summed E-state index contributed by atoms with van der Waals surface area (Å²) in [5.41, 5.74) is 1.67.